The minimum atomic E-state index is -0.463. The average molecular weight is 518 g/mol. The molecule has 7 nitrogen and oxygen atoms in total. The van der Waals surface area contributed by atoms with Gasteiger partial charge in [-0.2, -0.15) is 0 Å². The van der Waals surface area contributed by atoms with Crippen molar-refractivity contribution in [1.29, 1.82) is 0 Å². The molecule has 34 heavy (non-hydrogen) atoms. The molecule has 180 valence electrons. The van der Waals surface area contributed by atoms with E-state index >= 15 is 0 Å². The molecule has 2 aromatic rings. The Bertz CT molecular complexity index is 1150. The van der Waals surface area contributed by atoms with Gasteiger partial charge in [-0.1, -0.05) is 80.4 Å². The number of hydrogen-bond acceptors (Lipinski definition) is 8. The van der Waals surface area contributed by atoms with E-state index in [9.17, 15) is 14.4 Å². The van der Waals surface area contributed by atoms with Crippen LogP contribution in [-0.4, -0.2) is 45.1 Å². The molecule has 0 aliphatic carbocycles. The van der Waals surface area contributed by atoms with Crippen molar-refractivity contribution < 1.29 is 19.1 Å². The number of nitrogens with zero attached hydrogens (tertiary/aromatic N) is 2. The smallest absolute Gasteiger partial charge is 0.350 e. The van der Waals surface area contributed by atoms with E-state index in [0.717, 1.165) is 16.9 Å². The number of hydrogen-bond donors (Lipinski definition) is 1. The van der Waals surface area contributed by atoms with Crippen molar-refractivity contribution in [2.75, 3.05) is 18.5 Å². The van der Waals surface area contributed by atoms with Gasteiger partial charge >= 0.3 is 5.97 Å². The zero-order valence-electron chi connectivity index (χ0n) is 19.8. The van der Waals surface area contributed by atoms with Gasteiger partial charge in [0.25, 0.3) is 5.91 Å². The molecule has 2 heterocycles. The largest absolute Gasteiger partial charge is 0.462 e. The van der Waals surface area contributed by atoms with Crippen LogP contribution in [0.1, 0.15) is 60.6 Å². The summed E-state index contributed by atoms with van der Waals surface area (Å²) >= 11 is 7.66. The van der Waals surface area contributed by atoms with Crippen LogP contribution in [0.2, 0.25) is 0 Å². The summed E-state index contributed by atoms with van der Waals surface area (Å²) in [6.45, 7) is 10.3. The van der Waals surface area contributed by atoms with Gasteiger partial charge in [0.15, 0.2) is 5.13 Å². The third-order valence-corrected chi connectivity index (χ3v) is 7.44. The van der Waals surface area contributed by atoms with E-state index < -0.39 is 5.97 Å². The number of rotatable bonds is 7. The molecule has 1 saturated heterocycles. The maximum absolute atomic E-state index is 12.9. The molecule has 1 aliphatic rings. The fourth-order valence-corrected chi connectivity index (χ4v) is 5.34. The number of carbonyl (C=O) groups excluding carboxylic acids is 3. The number of anilines is 1. The highest BCUT2D eigenvalue weighted by atomic mass is 32.2. The number of thioether (sulfide) groups is 1. The number of ether oxygens (including phenoxy) is 1. The van der Waals surface area contributed by atoms with Crippen LogP contribution in [0, 0.1) is 6.92 Å². The summed E-state index contributed by atoms with van der Waals surface area (Å²) in [6.07, 6.45) is 1.87. The Morgan fingerprint density at radius 3 is 2.53 bits per heavy atom. The molecular weight excluding hydrogens is 490 g/mol. The van der Waals surface area contributed by atoms with Crippen LogP contribution in [0.4, 0.5) is 5.13 Å². The topological polar surface area (TPSA) is 88.6 Å². The standard InChI is InChI=1S/C24H27N3O4S3/c1-6-31-21(30)19-14(2)25-22(34-19)26-18(28)11-12-27-20(29)17(33-23(27)32)13-15-7-9-16(10-8-15)24(3,4)5/h7-10,13H,6,11-12H2,1-5H3,(H,25,26,28). The Kier molecular flexibility index (Phi) is 8.27. The highest BCUT2D eigenvalue weighted by molar-refractivity contribution is 8.26. The molecule has 0 bridgehead atoms. The van der Waals surface area contributed by atoms with Crippen molar-refractivity contribution in [3.8, 4) is 0 Å². The number of aryl methyl sites for hydroxylation is 1. The predicted octanol–water partition coefficient (Wildman–Crippen LogP) is 5.16. The Labute approximate surface area is 213 Å². The molecule has 0 unspecified atom stereocenters. The van der Waals surface area contributed by atoms with Crippen molar-refractivity contribution in [3.05, 3.63) is 50.9 Å². The van der Waals surface area contributed by atoms with Gasteiger partial charge < -0.3 is 10.1 Å². The lowest BCUT2D eigenvalue weighted by atomic mass is 9.87. The zero-order valence-corrected chi connectivity index (χ0v) is 22.2. The minimum absolute atomic E-state index is 0.0490. The van der Waals surface area contributed by atoms with E-state index in [1.165, 1.54) is 22.2 Å². The van der Waals surface area contributed by atoms with Gasteiger partial charge in [0.1, 0.15) is 9.20 Å². The number of esters is 1. The van der Waals surface area contributed by atoms with Gasteiger partial charge in [0.2, 0.25) is 5.91 Å². The van der Waals surface area contributed by atoms with Gasteiger partial charge in [-0.05, 0) is 36.5 Å². The molecule has 1 fully saturated rings. The molecule has 1 N–H and O–H groups in total. The fraction of sp³-hybridized carbons (Fsp3) is 0.375. The van der Waals surface area contributed by atoms with E-state index in [2.05, 4.69) is 43.2 Å². The van der Waals surface area contributed by atoms with E-state index in [-0.39, 0.29) is 36.8 Å². The van der Waals surface area contributed by atoms with Gasteiger partial charge in [0.05, 0.1) is 17.2 Å². The maximum atomic E-state index is 12.9. The van der Waals surface area contributed by atoms with Crippen LogP contribution in [0.5, 0.6) is 0 Å². The molecule has 10 heteroatoms. The number of aromatic nitrogens is 1. The van der Waals surface area contributed by atoms with Crippen molar-refractivity contribution >= 4 is 68.6 Å². The Morgan fingerprint density at radius 1 is 1.24 bits per heavy atom. The molecule has 0 radical (unpaired) electrons. The molecule has 1 aliphatic heterocycles. The van der Waals surface area contributed by atoms with Crippen LogP contribution >= 0.6 is 35.3 Å². The number of amides is 2. The van der Waals surface area contributed by atoms with Crippen molar-refractivity contribution in [2.45, 2.75) is 46.5 Å². The third kappa shape index (κ3) is 6.31. The summed E-state index contributed by atoms with van der Waals surface area (Å²) in [5, 5.41) is 2.99. The van der Waals surface area contributed by atoms with Crippen LogP contribution in [0.25, 0.3) is 6.08 Å². The predicted molar refractivity (Wildman–Crippen MR) is 141 cm³/mol. The molecule has 0 spiro atoms. The molecule has 1 aromatic carbocycles. The monoisotopic (exact) mass is 517 g/mol. The Balaban J connectivity index is 1.59. The highest BCUT2D eigenvalue weighted by Crippen LogP contribution is 2.33. The van der Waals surface area contributed by atoms with E-state index in [0.29, 0.717) is 24.9 Å². The number of benzene rings is 1. The van der Waals surface area contributed by atoms with Gasteiger partial charge in [0, 0.05) is 13.0 Å². The SMILES string of the molecule is CCOC(=O)c1sc(NC(=O)CCN2C(=O)C(=Cc3ccc(C(C)(C)C)cc3)SC2=S)nc1C. The third-order valence-electron chi connectivity index (χ3n) is 5.01. The lowest BCUT2D eigenvalue weighted by Gasteiger charge is -2.18. The number of thiazole rings is 1. The quantitative estimate of drug-likeness (QED) is 0.308. The van der Waals surface area contributed by atoms with Gasteiger partial charge in [-0.15, -0.1) is 0 Å². The van der Waals surface area contributed by atoms with Crippen LogP contribution in [0.3, 0.4) is 0 Å². The van der Waals surface area contributed by atoms with Gasteiger partial charge in [-0.25, -0.2) is 9.78 Å². The molecular formula is C24H27N3O4S3. The number of carbonyl (C=O) groups is 3. The first-order chi connectivity index (χ1) is 16.0. The molecule has 1 aromatic heterocycles. The summed E-state index contributed by atoms with van der Waals surface area (Å²) in [5.41, 5.74) is 2.69. The summed E-state index contributed by atoms with van der Waals surface area (Å²) in [6, 6.07) is 8.09. The van der Waals surface area contributed by atoms with Gasteiger partial charge in [-0.3, -0.25) is 14.5 Å². The number of thiocarbonyl (C=S) groups is 1. The first kappa shape index (κ1) is 26.1. The van der Waals surface area contributed by atoms with E-state index in [1.54, 1.807) is 13.8 Å². The second-order valence-electron chi connectivity index (χ2n) is 8.66. The Morgan fingerprint density at radius 2 is 1.91 bits per heavy atom. The first-order valence-electron chi connectivity index (χ1n) is 10.8. The molecule has 0 saturated carbocycles. The second-order valence-corrected chi connectivity index (χ2v) is 11.3. The summed E-state index contributed by atoms with van der Waals surface area (Å²) < 4.78 is 5.41. The number of nitrogens with one attached hydrogen (secondary N) is 1. The fourth-order valence-electron chi connectivity index (χ4n) is 3.15. The average Bonchev–Trinajstić information content (AvgIpc) is 3.25. The zero-order chi connectivity index (χ0) is 25.0. The first-order valence-corrected chi connectivity index (χ1v) is 12.8. The molecule has 0 atom stereocenters. The van der Waals surface area contributed by atoms with Crippen molar-refractivity contribution in [3.63, 3.8) is 0 Å². The normalized spacial score (nSPS) is 15.2. The van der Waals surface area contributed by atoms with E-state index in [1.807, 2.05) is 18.2 Å². The maximum Gasteiger partial charge on any atom is 0.350 e. The minimum Gasteiger partial charge on any atom is -0.462 e. The van der Waals surface area contributed by atoms with E-state index in [4.69, 9.17) is 17.0 Å². The summed E-state index contributed by atoms with van der Waals surface area (Å²) in [7, 11) is 0. The molecule has 2 amide bonds. The van der Waals surface area contributed by atoms with Crippen molar-refractivity contribution in [2.24, 2.45) is 0 Å². The highest BCUT2D eigenvalue weighted by Gasteiger charge is 2.32. The molecule has 3 rings (SSSR count). The Hall–Kier alpha value is -2.56. The van der Waals surface area contributed by atoms with Crippen LogP contribution < -0.4 is 5.32 Å². The lowest BCUT2D eigenvalue weighted by molar-refractivity contribution is -0.122. The van der Waals surface area contributed by atoms with Crippen molar-refractivity contribution in [1.82, 2.24) is 9.88 Å². The second kappa shape index (κ2) is 10.8. The lowest BCUT2D eigenvalue weighted by Crippen LogP contribution is -2.31. The summed E-state index contributed by atoms with van der Waals surface area (Å²) in [4.78, 5) is 43.7. The van der Waals surface area contributed by atoms with Crippen LogP contribution in [-0.2, 0) is 19.7 Å². The summed E-state index contributed by atoms with van der Waals surface area (Å²) in [5.74, 6) is -0.993. The van der Waals surface area contributed by atoms with Crippen LogP contribution in [0.15, 0.2) is 29.2 Å².